The van der Waals surface area contributed by atoms with Crippen molar-refractivity contribution in [3.05, 3.63) is 10.4 Å². The lowest BCUT2D eigenvalue weighted by Gasteiger charge is -2.15. The largest absolute Gasteiger partial charge is 0.377 e. The van der Waals surface area contributed by atoms with Gasteiger partial charge < -0.3 is 14.4 Å². The third-order valence-corrected chi connectivity index (χ3v) is 2.52. The van der Waals surface area contributed by atoms with Gasteiger partial charge in [0.05, 0.1) is 0 Å². The first kappa shape index (κ1) is 12.8. The number of ether oxygens (including phenoxy) is 2. The van der Waals surface area contributed by atoms with Crippen molar-refractivity contribution in [2.24, 2.45) is 5.11 Å². The molecule has 1 amide bonds. The molecule has 1 fully saturated rings. The van der Waals surface area contributed by atoms with E-state index in [2.05, 4.69) is 10.0 Å². The van der Waals surface area contributed by atoms with E-state index in [1.54, 1.807) is 12.0 Å². The number of rotatable bonds is 5. The van der Waals surface area contributed by atoms with Gasteiger partial charge in [-0.15, -0.1) is 0 Å². The smallest absolute Gasteiger partial charge is 0.228 e. The molecule has 0 aromatic rings. The van der Waals surface area contributed by atoms with E-state index in [4.69, 9.17) is 15.0 Å². The Bertz CT molecular complexity index is 290. The molecule has 1 aliphatic heterocycles. The molecule has 1 aliphatic rings. The Balaban J connectivity index is 2.52. The molecular formula is C9H16N4O3. The minimum atomic E-state index is -0.193. The lowest BCUT2D eigenvalue weighted by Crippen LogP contribution is -2.31. The maximum atomic E-state index is 11.6. The topological polar surface area (TPSA) is 87.5 Å². The van der Waals surface area contributed by atoms with Crippen LogP contribution in [-0.4, -0.2) is 56.4 Å². The Labute approximate surface area is 93.9 Å². The molecule has 7 heteroatoms. The van der Waals surface area contributed by atoms with E-state index in [9.17, 15) is 4.79 Å². The van der Waals surface area contributed by atoms with Crippen LogP contribution >= 0.6 is 0 Å². The first-order valence-corrected chi connectivity index (χ1v) is 5.16. The lowest BCUT2D eigenvalue weighted by molar-refractivity contribution is -0.129. The molecule has 0 spiro atoms. The molecule has 0 aromatic carbocycles. The number of carbonyl (C=O) groups is 1. The van der Waals surface area contributed by atoms with Crippen LogP contribution in [0.15, 0.2) is 5.11 Å². The molecule has 0 bridgehead atoms. The molecule has 1 saturated heterocycles. The molecule has 0 unspecified atom stereocenters. The maximum absolute atomic E-state index is 11.6. The fraction of sp³-hybridized carbons (Fsp3) is 0.889. The summed E-state index contributed by atoms with van der Waals surface area (Å²) >= 11 is 0. The van der Waals surface area contributed by atoms with Gasteiger partial charge in [-0.05, 0) is 12.5 Å². The third kappa shape index (κ3) is 3.10. The quantitative estimate of drug-likeness (QED) is 0.391. The molecule has 2 atom stereocenters. The van der Waals surface area contributed by atoms with E-state index in [1.165, 1.54) is 0 Å². The summed E-state index contributed by atoms with van der Waals surface area (Å²) in [4.78, 5) is 15.7. The van der Waals surface area contributed by atoms with Crippen molar-refractivity contribution in [1.29, 1.82) is 0 Å². The van der Waals surface area contributed by atoms with Crippen molar-refractivity contribution in [1.82, 2.24) is 4.90 Å². The minimum Gasteiger partial charge on any atom is -0.377 e. The number of amides is 1. The van der Waals surface area contributed by atoms with Crippen LogP contribution in [0.4, 0.5) is 0 Å². The predicted octanol–water partition coefficient (Wildman–Crippen LogP) is 0.559. The van der Waals surface area contributed by atoms with Crippen LogP contribution in [0.25, 0.3) is 10.4 Å². The summed E-state index contributed by atoms with van der Waals surface area (Å²) < 4.78 is 10.7. The summed E-state index contributed by atoms with van der Waals surface area (Å²) in [5.41, 5.74) is 8.13. The van der Waals surface area contributed by atoms with E-state index in [0.29, 0.717) is 19.7 Å². The van der Waals surface area contributed by atoms with Gasteiger partial charge in [-0.2, -0.15) is 0 Å². The highest BCUT2D eigenvalue weighted by molar-refractivity contribution is 5.78. The zero-order chi connectivity index (χ0) is 12.0. The minimum absolute atomic E-state index is 0.0926. The molecule has 7 nitrogen and oxygen atoms in total. The summed E-state index contributed by atoms with van der Waals surface area (Å²) in [6, 6.07) is 0. The second-order valence-corrected chi connectivity index (χ2v) is 3.46. The van der Waals surface area contributed by atoms with Gasteiger partial charge in [-0.3, -0.25) is 4.79 Å². The van der Waals surface area contributed by atoms with Crippen LogP contribution in [0, 0.1) is 0 Å². The van der Waals surface area contributed by atoms with Gasteiger partial charge in [-0.25, -0.2) is 0 Å². The van der Waals surface area contributed by atoms with Gasteiger partial charge in [0.1, 0.15) is 18.8 Å². The van der Waals surface area contributed by atoms with Crippen molar-refractivity contribution >= 4 is 5.91 Å². The fourth-order valence-electron chi connectivity index (χ4n) is 1.74. The van der Waals surface area contributed by atoms with Crippen LogP contribution < -0.4 is 0 Å². The van der Waals surface area contributed by atoms with Gasteiger partial charge in [0.15, 0.2) is 0 Å². The summed E-state index contributed by atoms with van der Waals surface area (Å²) in [5, 5.41) is 3.25. The number of carbonyl (C=O) groups excluding carboxylic acids is 1. The standard InChI is InChI=1S/C9H16N4O3/c1-3-16-8-6-13(5-7(8)15-2)9(14)4-11-12-10/h7-8H,3-6H2,1-2H3/t7-,8-/m0/s1. The van der Waals surface area contributed by atoms with E-state index in [1.807, 2.05) is 6.92 Å². The number of likely N-dealkylation sites (tertiary alicyclic amines) is 1. The number of nitrogens with zero attached hydrogens (tertiary/aromatic N) is 4. The van der Waals surface area contributed by atoms with Crippen molar-refractivity contribution in [3.8, 4) is 0 Å². The van der Waals surface area contributed by atoms with E-state index >= 15 is 0 Å². The highest BCUT2D eigenvalue weighted by Gasteiger charge is 2.35. The molecule has 0 N–H and O–H groups in total. The number of hydrogen-bond acceptors (Lipinski definition) is 4. The van der Waals surface area contributed by atoms with Gasteiger partial charge >= 0.3 is 0 Å². The van der Waals surface area contributed by atoms with Gasteiger partial charge in [-0.1, -0.05) is 5.11 Å². The lowest BCUT2D eigenvalue weighted by atomic mass is 10.2. The van der Waals surface area contributed by atoms with Crippen molar-refractivity contribution in [3.63, 3.8) is 0 Å². The summed E-state index contributed by atoms with van der Waals surface area (Å²) in [6.07, 6.45) is -0.194. The second-order valence-electron chi connectivity index (χ2n) is 3.46. The average molecular weight is 228 g/mol. The Morgan fingerprint density at radius 3 is 2.81 bits per heavy atom. The second kappa shape index (κ2) is 6.32. The van der Waals surface area contributed by atoms with Crippen LogP contribution in [0.2, 0.25) is 0 Å². The zero-order valence-electron chi connectivity index (χ0n) is 9.50. The van der Waals surface area contributed by atoms with Crippen LogP contribution in [0.1, 0.15) is 6.92 Å². The molecule has 90 valence electrons. The van der Waals surface area contributed by atoms with Crippen LogP contribution in [0.5, 0.6) is 0 Å². The van der Waals surface area contributed by atoms with Gasteiger partial charge in [0, 0.05) is 31.7 Å². The first-order chi connectivity index (χ1) is 7.72. The van der Waals surface area contributed by atoms with Crippen LogP contribution in [0.3, 0.4) is 0 Å². The molecule has 1 heterocycles. The fourth-order valence-corrected chi connectivity index (χ4v) is 1.74. The third-order valence-electron chi connectivity index (χ3n) is 2.52. The Morgan fingerprint density at radius 1 is 1.56 bits per heavy atom. The normalized spacial score (nSPS) is 24.2. The van der Waals surface area contributed by atoms with Crippen LogP contribution in [-0.2, 0) is 14.3 Å². The molecular weight excluding hydrogens is 212 g/mol. The van der Waals surface area contributed by atoms with Gasteiger partial charge in [0.25, 0.3) is 0 Å². The molecule has 0 aliphatic carbocycles. The molecule has 0 saturated carbocycles. The Kier molecular flexibility index (Phi) is 5.04. The number of hydrogen-bond donors (Lipinski definition) is 0. The average Bonchev–Trinajstić information content (AvgIpc) is 2.69. The first-order valence-electron chi connectivity index (χ1n) is 5.16. The molecule has 16 heavy (non-hydrogen) atoms. The Morgan fingerprint density at radius 2 is 2.25 bits per heavy atom. The monoisotopic (exact) mass is 228 g/mol. The zero-order valence-corrected chi connectivity index (χ0v) is 9.50. The van der Waals surface area contributed by atoms with E-state index in [-0.39, 0.29) is 24.7 Å². The van der Waals surface area contributed by atoms with E-state index in [0.717, 1.165) is 0 Å². The maximum Gasteiger partial charge on any atom is 0.228 e. The number of azide groups is 1. The molecule has 1 rings (SSSR count). The van der Waals surface area contributed by atoms with E-state index < -0.39 is 0 Å². The summed E-state index contributed by atoms with van der Waals surface area (Å²) in [5.74, 6) is -0.193. The summed E-state index contributed by atoms with van der Waals surface area (Å²) in [7, 11) is 1.60. The summed E-state index contributed by atoms with van der Waals surface area (Å²) in [6.45, 7) is 3.32. The van der Waals surface area contributed by atoms with Crippen molar-refractivity contribution in [2.45, 2.75) is 19.1 Å². The highest BCUT2D eigenvalue weighted by Crippen LogP contribution is 2.16. The van der Waals surface area contributed by atoms with Crippen molar-refractivity contribution in [2.75, 3.05) is 33.4 Å². The molecule has 0 aromatic heterocycles. The highest BCUT2D eigenvalue weighted by atomic mass is 16.5. The predicted molar refractivity (Wildman–Crippen MR) is 56.8 cm³/mol. The van der Waals surface area contributed by atoms with Crippen molar-refractivity contribution < 1.29 is 14.3 Å². The van der Waals surface area contributed by atoms with Gasteiger partial charge in [0.2, 0.25) is 5.91 Å². The Hall–Kier alpha value is -1.30. The number of methoxy groups -OCH3 is 1. The molecule has 0 radical (unpaired) electrons. The SMILES string of the molecule is CCO[C@H]1CN(C(=O)CN=[N+]=[N-])C[C@@H]1OC.